The number of nitrogens with one attached hydrogen (secondary N) is 2. The Morgan fingerprint density at radius 1 is 1.41 bits per heavy atom. The zero-order valence-corrected chi connectivity index (χ0v) is 10.3. The first-order valence-electron chi connectivity index (χ1n) is 6.02. The second-order valence-corrected chi connectivity index (χ2v) is 4.99. The van der Waals surface area contributed by atoms with Crippen molar-refractivity contribution < 1.29 is 4.79 Å². The van der Waals surface area contributed by atoms with E-state index in [0.717, 1.165) is 30.6 Å². The maximum absolute atomic E-state index is 12.0. The van der Waals surface area contributed by atoms with Gasteiger partial charge in [0.1, 0.15) is 0 Å². The van der Waals surface area contributed by atoms with E-state index in [2.05, 4.69) is 16.7 Å². The molecule has 1 aromatic carbocycles. The minimum absolute atomic E-state index is 0.0816. The highest BCUT2D eigenvalue weighted by atomic mass is 35.5. The Balaban J connectivity index is 2.02. The minimum Gasteiger partial charge on any atom is -0.325 e. The van der Waals surface area contributed by atoms with Crippen molar-refractivity contribution in [2.24, 2.45) is 5.92 Å². The third kappa shape index (κ3) is 1.83. The van der Waals surface area contributed by atoms with Gasteiger partial charge in [-0.25, -0.2) is 0 Å². The van der Waals surface area contributed by atoms with E-state index in [-0.39, 0.29) is 17.9 Å². The van der Waals surface area contributed by atoms with E-state index in [0.29, 0.717) is 5.88 Å². The second-order valence-electron chi connectivity index (χ2n) is 4.73. The van der Waals surface area contributed by atoms with Gasteiger partial charge in [0, 0.05) is 17.6 Å². The summed E-state index contributed by atoms with van der Waals surface area (Å²) in [5.74, 6) is 0.699. The van der Waals surface area contributed by atoms with E-state index in [1.165, 1.54) is 5.56 Å². The first kappa shape index (κ1) is 11.1. The lowest BCUT2D eigenvalue weighted by Gasteiger charge is -2.37. The van der Waals surface area contributed by atoms with E-state index >= 15 is 0 Å². The van der Waals surface area contributed by atoms with Crippen LogP contribution in [0.2, 0.25) is 0 Å². The van der Waals surface area contributed by atoms with Crippen molar-refractivity contribution in [3.8, 4) is 0 Å². The zero-order valence-electron chi connectivity index (χ0n) is 9.50. The number of benzene rings is 1. The normalized spacial score (nSPS) is 27.0. The SMILES string of the molecule is O=C1Nc2cc(CCl)ccc2C2NCCCC12. The van der Waals surface area contributed by atoms with Crippen LogP contribution in [-0.2, 0) is 10.7 Å². The highest BCUT2D eigenvalue weighted by Gasteiger charge is 2.36. The number of amides is 1. The molecule has 2 aliphatic rings. The maximum atomic E-state index is 12.0. The van der Waals surface area contributed by atoms with Gasteiger partial charge in [0.05, 0.1) is 5.92 Å². The molecule has 0 spiro atoms. The molecule has 17 heavy (non-hydrogen) atoms. The number of alkyl halides is 1. The Labute approximate surface area is 106 Å². The summed E-state index contributed by atoms with van der Waals surface area (Å²) in [5, 5.41) is 6.45. The van der Waals surface area contributed by atoms with Gasteiger partial charge in [-0.2, -0.15) is 0 Å². The number of rotatable bonds is 1. The molecule has 1 amide bonds. The number of carbonyl (C=O) groups excluding carboxylic acids is 1. The third-order valence-corrected chi connectivity index (χ3v) is 3.97. The molecule has 90 valence electrons. The van der Waals surface area contributed by atoms with E-state index in [9.17, 15) is 4.79 Å². The summed E-state index contributed by atoms with van der Waals surface area (Å²) >= 11 is 5.81. The molecule has 0 aromatic heterocycles. The summed E-state index contributed by atoms with van der Waals surface area (Å²) in [6.07, 6.45) is 2.05. The lowest BCUT2D eigenvalue weighted by atomic mass is 9.82. The average Bonchev–Trinajstić information content (AvgIpc) is 2.38. The summed E-state index contributed by atoms with van der Waals surface area (Å²) in [6.45, 7) is 0.991. The molecule has 2 heterocycles. The van der Waals surface area contributed by atoms with Gasteiger partial charge in [0.2, 0.25) is 5.91 Å². The van der Waals surface area contributed by atoms with E-state index in [1.54, 1.807) is 0 Å². The Morgan fingerprint density at radius 2 is 2.29 bits per heavy atom. The average molecular weight is 251 g/mol. The molecule has 0 saturated carbocycles. The molecule has 3 nitrogen and oxygen atoms in total. The van der Waals surface area contributed by atoms with Gasteiger partial charge in [-0.1, -0.05) is 12.1 Å². The van der Waals surface area contributed by atoms with Crippen molar-refractivity contribution in [1.82, 2.24) is 5.32 Å². The molecular weight excluding hydrogens is 236 g/mol. The van der Waals surface area contributed by atoms with Crippen molar-refractivity contribution in [1.29, 1.82) is 0 Å². The van der Waals surface area contributed by atoms with Crippen LogP contribution in [0.5, 0.6) is 0 Å². The largest absolute Gasteiger partial charge is 0.325 e. The first-order valence-corrected chi connectivity index (χ1v) is 6.56. The van der Waals surface area contributed by atoms with Gasteiger partial charge in [-0.15, -0.1) is 11.6 Å². The topological polar surface area (TPSA) is 41.1 Å². The van der Waals surface area contributed by atoms with E-state index in [1.807, 2.05) is 12.1 Å². The number of anilines is 1. The maximum Gasteiger partial charge on any atom is 0.229 e. The number of fused-ring (bicyclic) bond motifs is 3. The number of halogens is 1. The quantitative estimate of drug-likeness (QED) is 0.752. The molecule has 1 aromatic rings. The summed E-state index contributed by atoms with van der Waals surface area (Å²) < 4.78 is 0. The number of carbonyl (C=O) groups is 1. The molecular formula is C13H15ClN2O. The molecule has 0 bridgehead atoms. The van der Waals surface area contributed by atoms with Crippen LogP contribution in [0, 0.1) is 5.92 Å². The van der Waals surface area contributed by atoms with E-state index < -0.39 is 0 Å². The monoisotopic (exact) mass is 250 g/mol. The summed E-state index contributed by atoms with van der Waals surface area (Å²) in [6, 6.07) is 6.28. The molecule has 2 atom stereocenters. The number of hydrogen-bond acceptors (Lipinski definition) is 2. The van der Waals surface area contributed by atoms with Crippen LogP contribution in [0.1, 0.15) is 30.0 Å². The minimum atomic E-state index is 0.0816. The van der Waals surface area contributed by atoms with Crippen molar-refractivity contribution in [2.75, 3.05) is 11.9 Å². The molecule has 0 radical (unpaired) electrons. The predicted octanol–water partition coefficient (Wildman–Crippen LogP) is 2.42. The van der Waals surface area contributed by atoms with Crippen molar-refractivity contribution in [2.45, 2.75) is 24.8 Å². The molecule has 2 aliphatic heterocycles. The lowest BCUT2D eigenvalue weighted by molar-refractivity contribution is -0.122. The van der Waals surface area contributed by atoms with Gasteiger partial charge < -0.3 is 10.6 Å². The van der Waals surface area contributed by atoms with Crippen LogP contribution in [0.4, 0.5) is 5.69 Å². The van der Waals surface area contributed by atoms with Crippen molar-refractivity contribution in [3.05, 3.63) is 29.3 Å². The lowest BCUT2D eigenvalue weighted by Crippen LogP contribution is -2.44. The molecule has 2 unspecified atom stereocenters. The number of hydrogen-bond donors (Lipinski definition) is 2. The molecule has 0 aliphatic carbocycles. The fraction of sp³-hybridized carbons (Fsp3) is 0.462. The van der Waals surface area contributed by atoms with Crippen molar-refractivity contribution in [3.63, 3.8) is 0 Å². The van der Waals surface area contributed by atoms with Crippen LogP contribution < -0.4 is 10.6 Å². The van der Waals surface area contributed by atoms with Crippen LogP contribution in [-0.4, -0.2) is 12.5 Å². The standard InChI is InChI=1S/C13H15ClN2O/c14-7-8-3-4-9-11(6-8)16-13(17)10-2-1-5-15-12(9)10/h3-4,6,10,12,15H,1-2,5,7H2,(H,16,17). The fourth-order valence-corrected chi connectivity index (χ4v) is 2.96. The molecule has 1 saturated heterocycles. The fourth-order valence-electron chi connectivity index (χ4n) is 2.79. The van der Waals surface area contributed by atoms with Crippen LogP contribution in [0.15, 0.2) is 18.2 Å². The molecule has 4 heteroatoms. The molecule has 2 N–H and O–H groups in total. The van der Waals surface area contributed by atoms with Gasteiger partial charge in [0.15, 0.2) is 0 Å². The Hall–Kier alpha value is -1.06. The van der Waals surface area contributed by atoms with Crippen LogP contribution >= 0.6 is 11.6 Å². The molecule has 1 fully saturated rings. The smallest absolute Gasteiger partial charge is 0.229 e. The van der Waals surface area contributed by atoms with Gasteiger partial charge >= 0.3 is 0 Å². The highest BCUT2D eigenvalue weighted by molar-refractivity contribution is 6.17. The number of piperidine rings is 1. The second kappa shape index (κ2) is 4.31. The van der Waals surface area contributed by atoms with Crippen molar-refractivity contribution >= 4 is 23.2 Å². The van der Waals surface area contributed by atoms with Crippen LogP contribution in [0.3, 0.4) is 0 Å². The van der Waals surface area contributed by atoms with Gasteiger partial charge in [-0.05, 0) is 36.6 Å². The summed E-state index contributed by atoms with van der Waals surface area (Å²) in [4.78, 5) is 12.0. The first-order chi connectivity index (χ1) is 8.29. The Morgan fingerprint density at radius 3 is 3.12 bits per heavy atom. The Kier molecular flexibility index (Phi) is 2.81. The van der Waals surface area contributed by atoms with Gasteiger partial charge in [0.25, 0.3) is 0 Å². The third-order valence-electron chi connectivity index (χ3n) is 3.66. The predicted molar refractivity (Wildman–Crippen MR) is 68.1 cm³/mol. The van der Waals surface area contributed by atoms with Crippen LogP contribution in [0.25, 0.3) is 0 Å². The summed E-state index contributed by atoms with van der Waals surface area (Å²) in [5.41, 5.74) is 3.16. The molecule has 3 rings (SSSR count). The highest BCUT2D eigenvalue weighted by Crippen LogP contribution is 2.38. The van der Waals surface area contributed by atoms with Gasteiger partial charge in [-0.3, -0.25) is 4.79 Å². The zero-order chi connectivity index (χ0) is 11.8. The Bertz CT molecular complexity index is 461. The van der Waals surface area contributed by atoms with E-state index in [4.69, 9.17) is 11.6 Å². The summed E-state index contributed by atoms with van der Waals surface area (Å²) in [7, 11) is 0.